The minimum Gasteiger partial charge on any atom is -0.391 e. The molecule has 2 atom stereocenters. The van der Waals surface area contributed by atoms with Crippen molar-refractivity contribution < 1.29 is 9.90 Å². The molecule has 1 aliphatic rings. The number of hydrogen-bond acceptors (Lipinski definition) is 5. The fourth-order valence-corrected chi connectivity index (χ4v) is 6.25. The molecule has 2 N–H and O–H groups in total. The van der Waals surface area contributed by atoms with Crippen molar-refractivity contribution in [3.8, 4) is 5.69 Å². The van der Waals surface area contributed by atoms with Crippen LogP contribution in [0, 0.1) is 6.92 Å². The van der Waals surface area contributed by atoms with Crippen molar-refractivity contribution in [3.63, 3.8) is 0 Å². The minimum atomic E-state index is -0.645. The Morgan fingerprint density at radius 1 is 1.35 bits per heavy atom. The molecule has 0 aliphatic carbocycles. The number of nitrogens with one attached hydrogen (secondary N) is 1. The molecule has 0 radical (unpaired) electrons. The predicted molar refractivity (Wildman–Crippen MR) is 127 cm³/mol. The molecule has 4 rings (SSSR count). The number of halogens is 1. The van der Waals surface area contributed by atoms with Gasteiger partial charge in [0, 0.05) is 50.5 Å². The molecule has 8 heteroatoms. The maximum Gasteiger partial charge on any atom is 0.257 e. The van der Waals surface area contributed by atoms with Gasteiger partial charge in [-0.1, -0.05) is 24.6 Å². The highest BCUT2D eigenvalue weighted by Crippen LogP contribution is 2.46. The molecule has 3 heterocycles. The zero-order valence-corrected chi connectivity index (χ0v) is 19.6. The van der Waals surface area contributed by atoms with Gasteiger partial charge in [0.25, 0.3) is 5.91 Å². The van der Waals surface area contributed by atoms with Gasteiger partial charge in [-0.15, -0.1) is 23.1 Å². The summed E-state index contributed by atoms with van der Waals surface area (Å²) in [7, 11) is 0. The van der Waals surface area contributed by atoms with Gasteiger partial charge in [0.05, 0.1) is 11.8 Å². The number of carbonyl (C=O) groups excluding carboxylic acids is 1. The van der Waals surface area contributed by atoms with Crippen molar-refractivity contribution in [1.29, 1.82) is 0 Å². The lowest BCUT2D eigenvalue weighted by atomic mass is 10.0. The van der Waals surface area contributed by atoms with Gasteiger partial charge >= 0.3 is 0 Å². The second-order valence-electron chi connectivity index (χ2n) is 7.52. The van der Waals surface area contributed by atoms with Gasteiger partial charge in [-0.05, 0) is 43.0 Å². The Hall–Kier alpha value is -2.06. The lowest BCUT2D eigenvalue weighted by Crippen LogP contribution is -2.36. The molecule has 2 aromatic heterocycles. The van der Waals surface area contributed by atoms with Crippen LogP contribution in [0.4, 0.5) is 0 Å². The second kappa shape index (κ2) is 9.20. The van der Waals surface area contributed by atoms with Crippen molar-refractivity contribution in [2.45, 2.75) is 42.9 Å². The standard InChI is InChI=1S/C23H23ClN2O3S2/c1-3-15(27)12-25-23(29)22-17-11-21(19-5-4-8-30-19)31-20-10-14(24)6-7-16(20)26(17)13(2)9-18(22)28/h4-10,15,21,27H,3,11-12H2,1-2H3,(H,25,29). The van der Waals surface area contributed by atoms with Crippen LogP contribution >= 0.6 is 34.7 Å². The number of aromatic nitrogens is 1. The summed E-state index contributed by atoms with van der Waals surface area (Å²) in [5.74, 6) is -0.450. The van der Waals surface area contributed by atoms with Gasteiger partial charge in [-0.3, -0.25) is 9.59 Å². The summed E-state index contributed by atoms with van der Waals surface area (Å²) in [5, 5.41) is 15.3. The van der Waals surface area contributed by atoms with Crippen LogP contribution < -0.4 is 10.7 Å². The summed E-state index contributed by atoms with van der Waals surface area (Å²) >= 11 is 9.65. The molecule has 1 amide bonds. The van der Waals surface area contributed by atoms with Gasteiger partial charge in [-0.25, -0.2) is 0 Å². The number of benzene rings is 1. The van der Waals surface area contributed by atoms with E-state index < -0.39 is 12.0 Å². The van der Waals surface area contributed by atoms with Crippen molar-refractivity contribution in [2.75, 3.05) is 6.54 Å². The number of nitrogens with zero attached hydrogens (tertiary/aromatic N) is 1. The third-order valence-corrected chi connectivity index (χ3v) is 8.02. The van der Waals surface area contributed by atoms with E-state index in [1.165, 1.54) is 10.9 Å². The number of rotatable bonds is 5. The molecule has 2 unspecified atom stereocenters. The van der Waals surface area contributed by atoms with Crippen LogP contribution in [0.1, 0.15) is 45.2 Å². The average molecular weight is 475 g/mol. The van der Waals surface area contributed by atoms with Crippen molar-refractivity contribution in [2.24, 2.45) is 0 Å². The molecule has 1 aromatic carbocycles. The Kier molecular flexibility index (Phi) is 6.57. The Morgan fingerprint density at radius 2 is 2.16 bits per heavy atom. The molecule has 162 valence electrons. The fourth-order valence-electron chi connectivity index (χ4n) is 3.78. The number of aryl methyl sites for hydroxylation is 1. The maximum atomic E-state index is 13.1. The van der Waals surface area contributed by atoms with Crippen LogP contribution in [0.5, 0.6) is 0 Å². The topological polar surface area (TPSA) is 71.3 Å². The number of fused-ring (bicyclic) bond motifs is 3. The van der Waals surface area contributed by atoms with Crippen LogP contribution in [0.25, 0.3) is 5.69 Å². The van der Waals surface area contributed by atoms with E-state index >= 15 is 0 Å². The highest BCUT2D eigenvalue weighted by Gasteiger charge is 2.29. The molecule has 5 nitrogen and oxygen atoms in total. The Balaban J connectivity index is 1.90. The number of pyridine rings is 1. The number of hydrogen-bond donors (Lipinski definition) is 2. The van der Waals surface area contributed by atoms with Crippen molar-refractivity contribution in [1.82, 2.24) is 9.88 Å². The molecule has 0 saturated heterocycles. The molecule has 1 aliphatic heterocycles. The van der Waals surface area contributed by atoms with Gasteiger partial charge in [-0.2, -0.15) is 0 Å². The summed E-state index contributed by atoms with van der Waals surface area (Å²) in [6.07, 6.45) is 0.400. The number of carbonyl (C=O) groups is 1. The zero-order chi connectivity index (χ0) is 22.1. The van der Waals surface area contributed by atoms with Gasteiger partial charge in [0.2, 0.25) is 0 Å². The largest absolute Gasteiger partial charge is 0.391 e. The monoisotopic (exact) mass is 474 g/mol. The van der Waals surface area contributed by atoms with Crippen LogP contribution in [0.2, 0.25) is 5.02 Å². The van der Waals surface area contributed by atoms with E-state index in [9.17, 15) is 14.7 Å². The van der Waals surface area contributed by atoms with Crippen LogP contribution in [0.15, 0.2) is 51.5 Å². The normalized spacial score (nSPS) is 16.2. The first-order chi connectivity index (χ1) is 14.9. The van der Waals surface area contributed by atoms with Gasteiger partial charge < -0.3 is 15.0 Å². The van der Waals surface area contributed by atoms with E-state index in [-0.39, 0.29) is 22.8 Å². The molecule has 31 heavy (non-hydrogen) atoms. The highest BCUT2D eigenvalue weighted by atomic mass is 35.5. The van der Waals surface area contributed by atoms with Crippen LogP contribution in [-0.4, -0.2) is 28.2 Å². The first-order valence-electron chi connectivity index (χ1n) is 10.1. The number of aliphatic hydroxyl groups excluding tert-OH is 1. The van der Waals surface area contributed by atoms with E-state index in [4.69, 9.17) is 11.6 Å². The number of aliphatic hydroxyl groups is 1. The van der Waals surface area contributed by atoms with Gasteiger partial charge in [0.15, 0.2) is 5.43 Å². The molecule has 3 aromatic rings. The van der Waals surface area contributed by atoms with Crippen LogP contribution in [-0.2, 0) is 6.42 Å². The molecular formula is C23H23ClN2O3S2. The van der Waals surface area contributed by atoms with Crippen molar-refractivity contribution in [3.05, 3.63) is 78.9 Å². The highest BCUT2D eigenvalue weighted by molar-refractivity contribution is 7.99. The van der Waals surface area contributed by atoms with Crippen molar-refractivity contribution >= 4 is 40.6 Å². The molecular weight excluding hydrogens is 452 g/mol. The van der Waals surface area contributed by atoms with E-state index in [1.807, 2.05) is 48.1 Å². The lowest BCUT2D eigenvalue weighted by molar-refractivity contribution is 0.0911. The molecule has 0 spiro atoms. The molecule has 0 bridgehead atoms. The first-order valence-corrected chi connectivity index (χ1v) is 12.2. The maximum absolute atomic E-state index is 13.1. The third kappa shape index (κ3) is 4.46. The lowest BCUT2D eigenvalue weighted by Gasteiger charge is -2.20. The summed E-state index contributed by atoms with van der Waals surface area (Å²) in [6.45, 7) is 3.83. The quantitative estimate of drug-likeness (QED) is 0.559. The first kappa shape index (κ1) is 22.1. The minimum absolute atomic E-state index is 0.0416. The van der Waals surface area contributed by atoms with E-state index in [1.54, 1.807) is 23.1 Å². The fraction of sp³-hybridized carbons (Fsp3) is 0.304. The zero-order valence-electron chi connectivity index (χ0n) is 17.2. The van der Waals surface area contributed by atoms with Crippen LogP contribution in [0.3, 0.4) is 0 Å². The van der Waals surface area contributed by atoms with E-state index in [2.05, 4.69) is 11.4 Å². The smallest absolute Gasteiger partial charge is 0.257 e. The Labute approximate surface area is 194 Å². The predicted octanol–water partition coefficient (Wildman–Crippen LogP) is 4.75. The molecule has 0 saturated carbocycles. The number of amides is 1. The number of thiophene rings is 1. The summed E-state index contributed by atoms with van der Waals surface area (Å²) < 4.78 is 2.00. The molecule has 0 fully saturated rings. The number of thioether (sulfide) groups is 1. The SMILES string of the molecule is CCC(O)CNC(=O)c1c2n(c(C)cc1=O)-c1ccc(Cl)cc1SC(c1cccs1)C2. The third-order valence-electron chi connectivity index (χ3n) is 5.37. The average Bonchev–Trinajstić information content (AvgIpc) is 3.21. The second-order valence-corrected chi connectivity index (χ2v) is 10.2. The van der Waals surface area contributed by atoms with E-state index in [0.717, 1.165) is 16.3 Å². The van der Waals surface area contributed by atoms with E-state index in [0.29, 0.717) is 23.6 Å². The Bertz CT molecular complexity index is 1170. The summed E-state index contributed by atoms with van der Waals surface area (Å²) in [4.78, 5) is 28.2. The summed E-state index contributed by atoms with van der Waals surface area (Å²) in [5.41, 5.74) is 2.18. The Morgan fingerprint density at radius 3 is 2.87 bits per heavy atom. The van der Waals surface area contributed by atoms with Gasteiger partial charge in [0.1, 0.15) is 5.56 Å². The summed E-state index contributed by atoms with van der Waals surface area (Å²) in [6, 6.07) is 11.3.